The molecule has 3 heterocycles. The molecule has 0 unspecified atom stereocenters. The Labute approximate surface area is 121 Å². The molecule has 1 amide bonds. The van der Waals surface area contributed by atoms with Crippen LogP contribution in [0.1, 0.15) is 32.1 Å². The van der Waals surface area contributed by atoms with E-state index in [4.69, 9.17) is 9.47 Å². The molecular formula is C15H26N2O3. The predicted molar refractivity (Wildman–Crippen MR) is 75.6 cm³/mol. The van der Waals surface area contributed by atoms with Crippen molar-refractivity contribution in [3.05, 3.63) is 0 Å². The smallest absolute Gasteiger partial charge is 0.240 e. The van der Waals surface area contributed by atoms with Crippen LogP contribution in [0.4, 0.5) is 0 Å². The Morgan fingerprint density at radius 1 is 1.00 bits per heavy atom. The third-order valence-corrected chi connectivity index (χ3v) is 4.68. The van der Waals surface area contributed by atoms with Crippen molar-refractivity contribution < 1.29 is 14.3 Å². The first-order chi connectivity index (χ1) is 9.84. The van der Waals surface area contributed by atoms with Gasteiger partial charge in [-0.15, -0.1) is 0 Å². The molecule has 0 N–H and O–H groups in total. The third kappa shape index (κ3) is 3.32. The van der Waals surface area contributed by atoms with Gasteiger partial charge in [-0.3, -0.25) is 9.69 Å². The van der Waals surface area contributed by atoms with Crippen LogP contribution in [0.15, 0.2) is 0 Å². The van der Waals surface area contributed by atoms with Gasteiger partial charge in [-0.25, -0.2) is 0 Å². The van der Waals surface area contributed by atoms with E-state index in [2.05, 4.69) is 4.90 Å². The average molecular weight is 282 g/mol. The molecule has 5 heteroatoms. The van der Waals surface area contributed by atoms with Crippen molar-refractivity contribution in [2.45, 2.75) is 44.2 Å². The molecule has 114 valence electrons. The van der Waals surface area contributed by atoms with Crippen LogP contribution >= 0.6 is 0 Å². The topological polar surface area (TPSA) is 42.0 Å². The number of rotatable bonds is 3. The van der Waals surface area contributed by atoms with Crippen LogP contribution in [0.5, 0.6) is 0 Å². The summed E-state index contributed by atoms with van der Waals surface area (Å²) in [6, 6.07) is 0.0821. The van der Waals surface area contributed by atoms with Crippen molar-refractivity contribution in [3.63, 3.8) is 0 Å². The van der Waals surface area contributed by atoms with Gasteiger partial charge in [-0.1, -0.05) is 0 Å². The molecule has 0 radical (unpaired) electrons. The molecule has 3 fully saturated rings. The van der Waals surface area contributed by atoms with Crippen LogP contribution < -0.4 is 0 Å². The van der Waals surface area contributed by atoms with Crippen LogP contribution in [0.2, 0.25) is 0 Å². The van der Waals surface area contributed by atoms with Crippen molar-refractivity contribution in [2.24, 2.45) is 0 Å². The first-order valence-electron chi connectivity index (χ1n) is 8.07. The molecule has 3 aliphatic rings. The molecule has 3 aliphatic heterocycles. The fourth-order valence-corrected chi connectivity index (χ4v) is 3.53. The molecule has 0 saturated carbocycles. The summed E-state index contributed by atoms with van der Waals surface area (Å²) in [6.45, 7) is 5.74. The summed E-state index contributed by atoms with van der Waals surface area (Å²) in [5, 5.41) is 0. The van der Waals surface area contributed by atoms with Crippen molar-refractivity contribution in [2.75, 3.05) is 46.0 Å². The summed E-state index contributed by atoms with van der Waals surface area (Å²) in [5.74, 6) is 0.307. The summed E-state index contributed by atoms with van der Waals surface area (Å²) in [6.07, 6.45) is 6.07. The van der Waals surface area contributed by atoms with Crippen LogP contribution in [0, 0.1) is 0 Å². The van der Waals surface area contributed by atoms with E-state index in [-0.39, 0.29) is 6.04 Å². The zero-order chi connectivity index (χ0) is 13.8. The summed E-state index contributed by atoms with van der Waals surface area (Å²) < 4.78 is 11.2. The maximum Gasteiger partial charge on any atom is 0.240 e. The molecule has 2 atom stereocenters. The quantitative estimate of drug-likeness (QED) is 0.770. The average Bonchev–Trinajstić information content (AvgIpc) is 2.96. The first-order valence-corrected chi connectivity index (χ1v) is 8.07. The normalized spacial score (nSPS) is 32.5. The van der Waals surface area contributed by atoms with Gasteiger partial charge in [-0.05, 0) is 38.6 Å². The lowest BCUT2D eigenvalue weighted by molar-refractivity contribution is -0.140. The zero-order valence-corrected chi connectivity index (χ0v) is 12.3. The molecule has 5 nitrogen and oxygen atoms in total. The number of carbonyl (C=O) groups is 1. The Kier molecular flexibility index (Phi) is 4.91. The second kappa shape index (κ2) is 6.87. The number of nitrogens with zero attached hydrogens (tertiary/aromatic N) is 2. The largest absolute Gasteiger partial charge is 0.378 e. The second-order valence-electron chi connectivity index (χ2n) is 6.08. The maximum absolute atomic E-state index is 12.6. The lowest BCUT2D eigenvalue weighted by Crippen LogP contribution is -2.51. The van der Waals surface area contributed by atoms with E-state index in [0.29, 0.717) is 25.2 Å². The van der Waals surface area contributed by atoms with E-state index < -0.39 is 0 Å². The van der Waals surface area contributed by atoms with Gasteiger partial charge in [0.05, 0.1) is 25.4 Å². The monoisotopic (exact) mass is 282 g/mol. The fourth-order valence-electron chi connectivity index (χ4n) is 3.53. The number of amides is 1. The third-order valence-electron chi connectivity index (χ3n) is 4.68. The molecular weight excluding hydrogens is 256 g/mol. The van der Waals surface area contributed by atoms with Crippen LogP contribution in [0.3, 0.4) is 0 Å². The second-order valence-corrected chi connectivity index (χ2v) is 6.08. The predicted octanol–water partition coefficient (Wildman–Crippen LogP) is 0.879. The summed E-state index contributed by atoms with van der Waals surface area (Å²) in [5.41, 5.74) is 0. The molecule has 0 spiro atoms. The zero-order valence-electron chi connectivity index (χ0n) is 12.3. The standard InChI is InChI=1S/C15H26N2O3/c18-15(16-7-10-19-11-8-16)14-5-3-6-17(14)12-13-4-1-2-9-20-13/h13-14H,1-12H2/t13-,14+/m0/s1. The molecule has 0 aliphatic carbocycles. The highest BCUT2D eigenvalue weighted by Crippen LogP contribution is 2.23. The van der Waals surface area contributed by atoms with Gasteiger partial charge in [0.1, 0.15) is 0 Å². The highest BCUT2D eigenvalue weighted by atomic mass is 16.5. The maximum atomic E-state index is 12.6. The number of ether oxygens (including phenoxy) is 2. The van der Waals surface area contributed by atoms with E-state index in [1.54, 1.807) is 0 Å². The van der Waals surface area contributed by atoms with Crippen molar-refractivity contribution in [3.8, 4) is 0 Å². The highest BCUT2D eigenvalue weighted by Gasteiger charge is 2.35. The molecule has 20 heavy (non-hydrogen) atoms. The molecule has 3 saturated heterocycles. The Bertz CT molecular complexity index is 325. The lowest BCUT2D eigenvalue weighted by Gasteiger charge is -2.34. The van der Waals surface area contributed by atoms with Gasteiger partial charge in [0.2, 0.25) is 5.91 Å². The number of likely N-dealkylation sites (tertiary alicyclic amines) is 1. The minimum absolute atomic E-state index is 0.0821. The first kappa shape index (κ1) is 14.3. The van der Waals surface area contributed by atoms with Gasteiger partial charge in [0.25, 0.3) is 0 Å². The van der Waals surface area contributed by atoms with Crippen LogP contribution in [-0.2, 0) is 14.3 Å². The lowest BCUT2D eigenvalue weighted by atomic mass is 10.1. The van der Waals surface area contributed by atoms with E-state index in [1.807, 2.05) is 4.90 Å². The highest BCUT2D eigenvalue weighted by molar-refractivity contribution is 5.82. The van der Waals surface area contributed by atoms with Crippen molar-refractivity contribution >= 4 is 5.91 Å². The van der Waals surface area contributed by atoms with Gasteiger partial charge in [-0.2, -0.15) is 0 Å². The van der Waals surface area contributed by atoms with Crippen LogP contribution in [0.25, 0.3) is 0 Å². The van der Waals surface area contributed by atoms with E-state index in [1.165, 1.54) is 12.8 Å². The number of hydrogen-bond donors (Lipinski definition) is 0. The minimum atomic E-state index is 0.0821. The summed E-state index contributed by atoms with van der Waals surface area (Å²) in [4.78, 5) is 17.0. The Balaban J connectivity index is 1.55. The summed E-state index contributed by atoms with van der Waals surface area (Å²) in [7, 11) is 0. The van der Waals surface area contributed by atoms with Crippen molar-refractivity contribution in [1.29, 1.82) is 0 Å². The van der Waals surface area contributed by atoms with Gasteiger partial charge in [0.15, 0.2) is 0 Å². The molecule has 3 rings (SSSR count). The Morgan fingerprint density at radius 2 is 1.85 bits per heavy atom. The van der Waals surface area contributed by atoms with Gasteiger partial charge < -0.3 is 14.4 Å². The minimum Gasteiger partial charge on any atom is -0.378 e. The van der Waals surface area contributed by atoms with Crippen LogP contribution in [-0.4, -0.2) is 73.9 Å². The number of carbonyl (C=O) groups excluding carboxylic acids is 1. The van der Waals surface area contributed by atoms with E-state index in [9.17, 15) is 4.79 Å². The Morgan fingerprint density at radius 3 is 2.60 bits per heavy atom. The molecule has 0 aromatic rings. The fraction of sp³-hybridized carbons (Fsp3) is 0.933. The van der Waals surface area contributed by atoms with E-state index in [0.717, 1.165) is 52.0 Å². The number of hydrogen-bond acceptors (Lipinski definition) is 4. The van der Waals surface area contributed by atoms with Gasteiger partial charge in [0, 0.05) is 26.2 Å². The van der Waals surface area contributed by atoms with E-state index >= 15 is 0 Å². The summed E-state index contributed by atoms with van der Waals surface area (Å²) >= 11 is 0. The van der Waals surface area contributed by atoms with Gasteiger partial charge >= 0.3 is 0 Å². The Hall–Kier alpha value is -0.650. The SMILES string of the molecule is O=C([C@H]1CCCN1C[C@@H]1CCCCO1)N1CCOCC1. The number of morpholine rings is 1. The molecule has 0 bridgehead atoms. The molecule has 0 aromatic carbocycles. The van der Waals surface area contributed by atoms with Crippen molar-refractivity contribution in [1.82, 2.24) is 9.80 Å². The molecule has 0 aromatic heterocycles.